The van der Waals surface area contributed by atoms with Gasteiger partial charge in [0.05, 0.1) is 17.1 Å². The van der Waals surface area contributed by atoms with E-state index in [1.165, 1.54) is 0 Å². The number of anilines is 4. The molecule has 31 heavy (non-hydrogen) atoms. The van der Waals surface area contributed by atoms with Gasteiger partial charge in [0.15, 0.2) is 0 Å². The monoisotopic (exact) mass is 425 g/mol. The number of allylic oxidation sites excluding steroid dienone is 1. The molecule has 0 fully saturated rings. The lowest BCUT2D eigenvalue weighted by Gasteiger charge is -2.36. The molecule has 0 aliphatic carbocycles. The molecule has 0 aromatic heterocycles. The van der Waals surface area contributed by atoms with Crippen LogP contribution in [0.3, 0.4) is 0 Å². The standard InChI is InChI=1S/C23H25F2N5O/c1-13-23(31)29-18-6-3-7-19(21(18)28-13)30-8-4-5-14-9-16(15(11-26)12-27-2)17(22(24)25)10-20(14)30/h3,6-7,9-13,22,26-28H,4-5,8H2,1-2H3,(H,29,31)/b15-12+,26-11?/t13-/m1/s1. The summed E-state index contributed by atoms with van der Waals surface area (Å²) < 4.78 is 28.1. The summed E-state index contributed by atoms with van der Waals surface area (Å²) in [6.45, 7) is 2.46. The molecule has 2 aliphatic rings. The molecule has 0 bridgehead atoms. The van der Waals surface area contributed by atoms with Crippen LogP contribution in [0.1, 0.15) is 36.5 Å². The molecule has 2 aliphatic heterocycles. The van der Waals surface area contributed by atoms with Crippen LogP contribution >= 0.6 is 0 Å². The molecule has 0 saturated heterocycles. The molecule has 8 heteroatoms. The Hall–Kier alpha value is -3.42. The molecule has 2 aromatic carbocycles. The lowest BCUT2D eigenvalue weighted by atomic mass is 9.92. The maximum absolute atomic E-state index is 14.0. The van der Waals surface area contributed by atoms with Crippen LogP contribution in [0.25, 0.3) is 5.57 Å². The van der Waals surface area contributed by atoms with Gasteiger partial charge in [-0.05, 0) is 55.2 Å². The van der Waals surface area contributed by atoms with E-state index in [0.29, 0.717) is 23.4 Å². The van der Waals surface area contributed by atoms with Gasteiger partial charge in [0.25, 0.3) is 6.43 Å². The maximum atomic E-state index is 14.0. The fourth-order valence-corrected chi connectivity index (χ4v) is 4.23. The van der Waals surface area contributed by atoms with Crippen molar-refractivity contribution in [3.05, 3.63) is 53.2 Å². The van der Waals surface area contributed by atoms with Crippen molar-refractivity contribution in [3.8, 4) is 0 Å². The molecule has 0 radical (unpaired) electrons. The molecule has 0 spiro atoms. The molecule has 1 amide bonds. The Morgan fingerprint density at radius 3 is 2.84 bits per heavy atom. The number of nitrogens with zero attached hydrogens (tertiary/aromatic N) is 1. The summed E-state index contributed by atoms with van der Waals surface area (Å²) in [5, 5.41) is 16.6. The van der Waals surface area contributed by atoms with E-state index in [2.05, 4.69) is 16.0 Å². The molecule has 4 N–H and O–H groups in total. The highest BCUT2D eigenvalue weighted by Gasteiger charge is 2.29. The maximum Gasteiger partial charge on any atom is 0.264 e. The fourth-order valence-electron chi connectivity index (χ4n) is 4.23. The Bertz CT molecular complexity index is 1070. The zero-order valence-electron chi connectivity index (χ0n) is 17.4. The first-order valence-corrected chi connectivity index (χ1v) is 10.3. The summed E-state index contributed by atoms with van der Waals surface area (Å²) in [7, 11) is 1.68. The van der Waals surface area contributed by atoms with Gasteiger partial charge in [-0.25, -0.2) is 8.78 Å². The number of para-hydroxylation sites is 1. The van der Waals surface area contributed by atoms with Crippen molar-refractivity contribution in [3.63, 3.8) is 0 Å². The number of carbonyl (C=O) groups is 1. The minimum Gasteiger partial charge on any atom is -0.393 e. The predicted octanol–water partition coefficient (Wildman–Crippen LogP) is 4.67. The highest BCUT2D eigenvalue weighted by atomic mass is 19.3. The number of amides is 1. The topological polar surface area (TPSA) is 80.2 Å². The summed E-state index contributed by atoms with van der Waals surface area (Å²) in [6, 6.07) is 8.55. The number of hydrogen-bond acceptors (Lipinski definition) is 5. The molecule has 6 nitrogen and oxygen atoms in total. The van der Waals surface area contributed by atoms with E-state index >= 15 is 0 Å². The predicted molar refractivity (Wildman–Crippen MR) is 121 cm³/mol. The number of fused-ring (bicyclic) bond motifs is 2. The summed E-state index contributed by atoms with van der Waals surface area (Å²) >= 11 is 0. The average Bonchev–Trinajstić information content (AvgIpc) is 2.76. The zero-order chi connectivity index (χ0) is 22.1. The van der Waals surface area contributed by atoms with E-state index < -0.39 is 12.5 Å². The normalized spacial score (nSPS) is 18.1. The van der Waals surface area contributed by atoms with Gasteiger partial charge < -0.3 is 26.3 Å². The first-order chi connectivity index (χ1) is 14.9. The summed E-state index contributed by atoms with van der Waals surface area (Å²) in [4.78, 5) is 14.1. The van der Waals surface area contributed by atoms with Crippen molar-refractivity contribution in [2.24, 2.45) is 0 Å². The van der Waals surface area contributed by atoms with Crippen molar-refractivity contribution in [1.82, 2.24) is 5.32 Å². The van der Waals surface area contributed by atoms with E-state index in [1.807, 2.05) is 23.1 Å². The summed E-state index contributed by atoms with van der Waals surface area (Å²) in [5.41, 5.74) is 4.69. The second-order valence-corrected chi connectivity index (χ2v) is 7.71. The lowest BCUT2D eigenvalue weighted by Crippen LogP contribution is -2.37. The van der Waals surface area contributed by atoms with Crippen molar-refractivity contribution >= 4 is 40.4 Å². The summed E-state index contributed by atoms with van der Waals surface area (Å²) in [6.07, 6.45) is 1.60. The lowest BCUT2D eigenvalue weighted by molar-refractivity contribution is -0.116. The van der Waals surface area contributed by atoms with Gasteiger partial charge >= 0.3 is 0 Å². The molecule has 2 heterocycles. The minimum absolute atomic E-state index is 0.102. The minimum atomic E-state index is -2.67. The molecule has 1 atom stereocenters. The fraction of sp³-hybridized carbons (Fsp3) is 0.304. The summed E-state index contributed by atoms with van der Waals surface area (Å²) in [5.74, 6) is -0.108. The van der Waals surface area contributed by atoms with Gasteiger partial charge in [-0.15, -0.1) is 0 Å². The van der Waals surface area contributed by atoms with Crippen LogP contribution in [0.4, 0.5) is 31.5 Å². The number of halogens is 2. The van der Waals surface area contributed by atoms with Crippen molar-refractivity contribution < 1.29 is 13.6 Å². The third-order valence-electron chi connectivity index (χ3n) is 5.72. The van der Waals surface area contributed by atoms with Crippen LogP contribution in [0, 0.1) is 5.41 Å². The van der Waals surface area contributed by atoms with Crippen molar-refractivity contribution in [2.45, 2.75) is 32.2 Å². The molecule has 162 valence electrons. The van der Waals surface area contributed by atoms with Gasteiger partial charge in [-0.1, -0.05) is 6.07 Å². The van der Waals surface area contributed by atoms with E-state index in [-0.39, 0.29) is 11.5 Å². The van der Waals surface area contributed by atoms with E-state index in [4.69, 9.17) is 5.41 Å². The quantitative estimate of drug-likeness (QED) is 0.525. The molecular formula is C23H25F2N5O. The molecule has 0 saturated carbocycles. The Balaban J connectivity index is 1.86. The SMILES string of the molecule is CN/C=C(\C=N)c1cc2c(cc1C(F)F)N(c1cccc3c1N[C@H](C)C(=O)N3)CCC2. The number of hydrogen-bond donors (Lipinski definition) is 4. The first kappa shape index (κ1) is 20.8. The Morgan fingerprint density at radius 1 is 1.32 bits per heavy atom. The van der Waals surface area contributed by atoms with Crippen molar-refractivity contribution in [1.29, 1.82) is 5.41 Å². The van der Waals surface area contributed by atoms with E-state index in [9.17, 15) is 13.6 Å². The number of rotatable bonds is 5. The van der Waals surface area contributed by atoms with Gasteiger partial charge in [0.1, 0.15) is 6.04 Å². The first-order valence-electron chi connectivity index (χ1n) is 10.3. The van der Waals surface area contributed by atoms with Crippen LogP contribution in [0.5, 0.6) is 0 Å². The van der Waals surface area contributed by atoms with Crippen molar-refractivity contribution in [2.75, 3.05) is 29.1 Å². The number of carbonyl (C=O) groups excluding carboxylic acids is 1. The van der Waals surface area contributed by atoms with Gasteiger partial charge in [0, 0.05) is 42.8 Å². The zero-order valence-corrected chi connectivity index (χ0v) is 17.4. The van der Waals surface area contributed by atoms with Crippen LogP contribution in [-0.2, 0) is 11.2 Å². The Kier molecular flexibility index (Phi) is 5.63. The van der Waals surface area contributed by atoms with E-state index in [1.54, 1.807) is 32.3 Å². The molecule has 0 unspecified atom stereocenters. The number of benzene rings is 2. The van der Waals surface area contributed by atoms with Gasteiger partial charge in [-0.2, -0.15) is 0 Å². The second kappa shape index (κ2) is 8.37. The Morgan fingerprint density at radius 2 is 2.13 bits per heavy atom. The van der Waals surface area contributed by atoms with Crippen LogP contribution in [-0.4, -0.2) is 31.8 Å². The Labute approximate surface area is 179 Å². The number of aryl methyl sites for hydroxylation is 1. The van der Waals surface area contributed by atoms with Crippen LogP contribution in [0.15, 0.2) is 36.5 Å². The molecular weight excluding hydrogens is 400 g/mol. The molecule has 2 aromatic rings. The van der Waals surface area contributed by atoms with Crippen LogP contribution < -0.4 is 20.9 Å². The second-order valence-electron chi connectivity index (χ2n) is 7.71. The van der Waals surface area contributed by atoms with Gasteiger partial charge in [0.2, 0.25) is 5.91 Å². The number of nitrogens with one attached hydrogen (secondary N) is 4. The smallest absolute Gasteiger partial charge is 0.264 e. The average molecular weight is 425 g/mol. The van der Waals surface area contributed by atoms with Crippen LogP contribution in [0.2, 0.25) is 0 Å². The van der Waals surface area contributed by atoms with Gasteiger partial charge in [-0.3, -0.25) is 4.79 Å². The van der Waals surface area contributed by atoms with E-state index in [0.717, 1.165) is 41.7 Å². The highest BCUT2D eigenvalue weighted by molar-refractivity contribution is 6.09. The molecule has 4 rings (SSSR count). The third kappa shape index (κ3) is 3.73. The highest BCUT2D eigenvalue weighted by Crippen LogP contribution is 2.44. The largest absolute Gasteiger partial charge is 0.393 e. The number of alkyl halides is 2. The third-order valence-corrected chi connectivity index (χ3v) is 5.72.